The summed E-state index contributed by atoms with van der Waals surface area (Å²) in [6.45, 7) is 3.44. The van der Waals surface area contributed by atoms with Gasteiger partial charge in [0, 0.05) is 31.1 Å². The third-order valence-electron chi connectivity index (χ3n) is 4.26. The fourth-order valence-corrected chi connectivity index (χ4v) is 2.99. The number of fused-ring (bicyclic) bond motifs is 1. The Morgan fingerprint density at radius 3 is 2.96 bits per heavy atom. The highest BCUT2D eigenvalue weighted by Gasteiger charge is 2.24. The van der Waals surface area contributed by atoms with Gasteiger partial charge in [0.25, 0.3) is 0 Å². The van der Waals surface area contributed by atoms with Crippen molar-refractivity contribution in [3.63, 3.8) is 0 Å². The van der Waals surface area contributed by atoms with E-state index in [1.54, 1.807) is 12.1 Å². The number of amides is 1. The van der Waals surface area contributed by atoms with E-state index in [0.717, 1.165) is 11.3 Å². The lowest BCUT2D eigenvalue weighted by Crippen LogP contribution is -2.41. The maximum atomic E-state index is 11.9. The molecule has 1 aliphatic heterocycles. The summed E-state index contributed by atoms with van der Waals surface area (Å²) in [4.78, 5) is 16.3. The van der Waals surface area contributed by atoms with Crippen molar-refractivity contribution in [2.45, 2.75) is 25.4 Å². The van der Waals surface area contributed by atoms with Gasteiger partial charge in [-0.15, -0.1) is 0 Å². The quantitative estimate of drug-likeness (QED) is 0.469. The van der Waals surface area contributed by atoms with E-state index in [1.165, 1.54) is 6.26 Å². The molecule has 26 heavy (non-hydrogen) atoms. The number of carbonyl (C=O) groups is 1. The molecular formula is C19H24N4O3. The molecule has 0 saturated carbocycles. The van der Waals surface area contributed by atoms with E-state index in [9.17, 15) is 9.90 Å². The molecule has 0 aliphatic carbocycles. The molecule has 1 aliphatic rings. The first kappa shape index (κ1) is 18.0. The van der Waals surface area contributed by atoms with E-state index in [2.05, 4.69) is 20.9 Å². The van der Waals surface area contributed by atoms with Gasteiger partial charge in [0.05, 0.1) is 12.8 Å². The standard InChI is InChI=1S/C19H24N4O3/c1-2-20-19(22-12-16(24)17-8-5-9-26-17)21-11-13-10-18(25)23-15-7-4-3-6-14(13)15/h3-9,13,16,24H,2,10-12H2,1H3,(H,23,25)(H2,20,21,22). The fourth-order valence-electron chi connectivity index (χ4n) is 2.99. The van der Waals surface area contributed by atoms with Crippen molar-refractivity contribution in [3.05, 3.63) is 54.0 Å². The van der Waals surface area contributed by atoms with E-state index in [0.29, 0.717) is 31.2 Å². The van der Waals surface area contributed by atoms with E-state index in [4.69, 9.17) is 4.42 Å². The summed E-state index contributed by atoms with van der Waals surface area (Å²) in [5.41, 5.74) is 1.98. The summed E-state index contributed by atoms with van der Waals surface area (Å²) in [6, 6.07) is 11.3. The number of nitrogens with zero attached hydrogens (tertiary/aromatic N) is 1. The van der Waals surface area contributed by atoms with E-state index in [-0.39, 0.29) is 18.4 Å². The maximum Gasteiger partial charge on any atom is 0.225 e. The van der Waals surface area contributed by atoms with Gasteiger partial charge in [0.1, 0.15) is 11.9 Å². The molecule has 138 valence electrons. The number of hydrogen-bond donors (Lipinski definition) is 4. The van der Waals surface area contributed by atoms with Crippen LogP contribution in [0.15, 0.2) is 52.1 Å². The lowest BCUT2D eigenvalue weighted by molar-refractivity contribution is -0.116. The molecule has 1 aromatic heterocycles. The second-order valence-electron chi connectivity index (χ2n) is 6.17. The average molecular weight is 356 g/mol. The molecule has 0 radical (unpaired) electrons. The number of aliphatic imine (C=N–C) groups is 1. The van der Waals surface area contributed by atoms with E-state index in [1.807, 2.05) is 31.2 Å². The molecule has 4 N–H and O–H groups in total. The summed E-state index contributed by atoms with van der Waals surface area (Å²) < 4.78 is 5.19. The number of anilines is 1. The second-order valence-corrected chi connectivity index (χ2v) is 6.17. The van der Waals surface area contributed by atoms with Gasteiger partial charge in [-0.3, -0.25) is 9.79 Å². The lowest BCUT2D eigenvalue weighted by atomic mass is 9.90. The molecule has 0 bridgehead atoms. The van der Waals surface area contributed by atoms with Gasteiger partial charge in [-0.1, -0.05) is 18.2 Å². The van der Waals surface area contributed by atoms with Crippen molar-refractivity contribution in [3.8, 4) is 0 Å². The Labute approximate surface area is 152 Å². The molecule has 7 nitrogen and oxygen atoms in total. The predicted octanol–water partition coefficient (Wildman–Crippen LogP) is 1.99. The Bertz CT molecular complexity index is 758. The van der Waals surface area contributed by atoms with Gasteiger partial charge in [0.2, 0.25) is 5.91 Å². The highest BCUT2D eigenvalue weighted by Crippen LogP contribution is 2.31. The number of benzene rings is 1. The Morgan fingerprint density at radius 1 is 1.35 bits per heavy atom. The molecule has 0 fully saturated rings. The number of aliphatic hydroxyl groups is 1. The first-order chi connectivity index (χ1) is 12.7. The summed E-state index contributed by atoms with van der Waals surface area (Å²) >= 11 is 0. The van der Waals surface area contributed by atoms with Gasteiger partial charge in [-0.2, -0.15) is 0 Å². The number of furan rings is 1. The number of guanidine groups is 1. The van der Waals surface area contributed by atoms with Gasteiger partial charge in [-0.05, 0) is 30.7 Å². The zero-order valence-corrected chi connectivity index (χ0v) is 14.7. The van der Waals surface area contributed by atoms with Crippen LogP contribution in [0.3, 0.4) is 0 Å². The van der Waals surface area contributed by atoms with Crippen LogP contribution in [-0.4, -0.2) is 36.6 Å². The van der Waals surface area contributed by atoms with Crippen LogP contribution in [0.4, 0.5) is 5.69 Å². The highest BCUT2D eigenvalue weighted by molar-refractivity contribution is 5.94. The van der Waals surface area contributed by atoms with Crippen LogP contribution in [0.1, 0.15) is 36.7 Å². The molecule has 1 amide bonds. The number of para-hydroxylation sites is 1. The zero-order valence-electron chi connectivity index (χ0n) is 14.7. The van der Waals surface area contributed by atoms with Crippen LogP contribution in [0, 0.1) is 0 Å². The monoisotopic (exact) mass is 356 g/mol. The minimum absolute atomic E-state index is 0.0191. The van der Waals surface area contributed by atoms with Crippen LogP contribution >= 0.6 is 0 Å². The van der Waals surface area contributed by atoms with Crippen molar-refractivity contribution < 1.29 is 14.3 Å². The molecular weight excluding hydrogens is 332 g/mol. The molecule has 7 heteroatoms. The average Bonchev–Trinajstić information content (AvgIpc) is 3.18. The summed E-state index contributed by atoms with van der Waals surface area (Å²) in [6.07, 6.45) is 1.16. The van der Waals surface area contributed by atoms with Crippen LogP contribution in [-0.2, 0) is 4.79 Å². The first-order valence-corrected chi connectivity index (χ1v) is 8.79. The third-order valence-corrected chi connectivity index (χ3v) is 4.26. The van der Waals surface area contributed by atoms with Crippen LogP contribution in [0.2, 0.25) is 0 Å². The number of hydrogen-bond acceptors (Lipinski definition) is 4. The summed E-state index contributed by atoms with van der Waals surface area (Å²) in [5, 5.41) is 19.4. The molecule has 2 unspecified atom stereocenters. The van der Waals surface area contributed by atoms with Gasteiger partial charge >= 0.3 is 0 Å². The number of rotatable bonds is 6. The minimum atomic E-state index is -0.790. The molecule has 0 spiro atoms. The zero-order chi connectivity index (χ0) is 18.4. The second kappa shape index (κ2) is 8.53. The maximum absolute atomic E-state index is 11.9. The van der Waals surface area contributed by atoms with Crippen molar-refractivity contribution in [1.29, 1.82) is 0 Å². The molecule has 1 aromatic carbocycles. The van der Waals surface area contributed by atoms with Crippen molar-refractivity contribution in [2.24, 2.45) is 4.99 Å². The normalized spacial score (nSPS) is 18.0. The molecule has 2 heterocycles. The largest absolute Gasteiger partial charge is 0.467 e. The SMILES string of the molecule is CCNC(=NCC(O)c1ccco1)NCC1CC(=O)Nc2ccccc21. The lowest BCUT2D eigenvalue weighted by Gasteiger charge is -2.26. The van der Waals surface area contributed by atoms with Gasteiger partial charge < -0.3 is 25.5 Å². The minimum Gasteiger partial charge on any atom is -0.467 e. The Balaban J connectivity index is 1.63. The highest BCUT2D eigenvalue weighted by atomic mass is 16.4. The Kier molecular flexibility index (Phi) is 5.91. The first-order valence-electron chi connectivity index (χ1n) is 8.79. The number of carbonyl (C=O) groups excluding carboxylic acids is 1. The van der Waals surface area contributed by atoms with Crippen molar-refractivity contribution in [1.82, 2.24) is 10.6 Å². The smallest absolute Gasteiger partial charge is 0.225 e. The molecule has 2 atom stereocenters. The molecule has 2 aromatic rings. The Hall–Kier alpha value is -2.80. The van der Waals surface area contributed by atoms with Crippen LogP contribution in [0.25, 0.3) is 0 Å². The molecule has 0 saturated heterocycles. The summed E-state index contributed by atoms with van der Waals surface area (Å²) in [5.74, 6) is 1.17. The third kappa shape index (κ3) is 4.43. The summed E-state index contributed by atoms with van der Waals surface area (Å²) in [7, 11) is 0. The van der Waals surface area contributed by atoms with Crippen molar-refractivity contribution >= 4 is 17.6 Å². The van der Waals surface area contributed by atoms with Gasteiger partial charge in [0.15, 0.2) is 5.96 Å². The number of nitrogens with one attached hydrogen (secondary N) is 3. The fraction of sp³-hybridized carbons (Fsp3) is 0.368. The van der Waals surface area contributed by atoms with E-state index < -0.39 is 6.10 Å². The topological polar surface area (TPSA) is 98.9 Å². The van der Waals surface area contributed by atoms with Crippen molar-refractivity contribution in [2.75, 3.05) is 25.0 Å². The van der Waals surface area contributed by atoms with Crippen LogP contribution < -0.4 is 16.0 Å². The van der Waals surface area contributed by atoms with E-state index >= 15 is 0 Å². The number of aliphatic hydroxyl groups excluding tert-OH is 1. The van der Waals surface area contributed by atoms with Gasteiger partial charge in [-0.25, -0.2) is 0 Å². The Morgan fingerprint density at radius 2 is 2.19 bits per heavy atom. The van der Waals surface area contributed by atoms with Crippen LogP contribution in [0.5, 0.6) is 0 Å². The predicted molar refractivity (Wildman–Crippen MR) is 100 cm³/mol. The molecule has 3 rings (SSSR count).